The number of carbonyl (C=O) groups is 1. The molecule has 0 atom stereocenters. The topological polar surface area (TPSA) is 50.1 Å². The summed E-state index contributed by atoms with van der Waals surface area (Å²) in [5.41, 5.74) is 2.16. The molecule has 1 aliphatic carbocycles. The molecule has 1 fully saturated rings. The predicted molar refractivity (Wildman–Crippen MR) is 97.2 cm³/mol. The first kappa shape index (κ1) is 19.0. The summed E-state index contributed by atoms with van der Waals surface area (Å²) < 4.78 is 32.7. The summed E-state index contributed by atoms with van der Waals surface area (Å²) in [6.45, 7) is 2.12. The van der Waals surface area contributed by atoms with Gasteiger partial charge in [-0.3, -0.25) is 4.79 Å². The van der Waals surface area contributed by atoms with Crippen LogP contribution in [0.15, 0.2) is 36.4 Å². The highest BCUT2D eigenvalue weighted by atomic mass is 19.2. The van der Waals surface area contributed by atoms with Crippen molar-refractivity contribution in [3.8, 4) is 11.8 Å². The van der Waals surface area contributed by atoms with Gasteiger partial charge in [0.05, 0.1) is 11.5 Å². The van der Waals surface area contributed by atoms with Gasteiger partial charge in [-0.2, -0.15) is 9.65 Å². The standard InChI is InChI=1S/C22H21F2NO2/c1-2-14-3-5-15(6-4-14)16-7-9-17(10-8-16)22(26)27-19-12-11-18(13-25)20(23)21(19)24/h3-6,11-12,16-17H,2,7-10H2,1H3/t16-,17-. The lowest BCUT2D eigenvalue weighted by atomic mass is 9.78. The molecule has 0 spiro atoms. The third-order valence-corrected chi connectivity index (χ3v) is 5.30. The maximum absolute atomic E-state index is 13.9. The van der Waals surface area contributed by atoms with Crippen molar-refractivity contribution < 1.29 is 18.3 Å². The maximum Gasteiger partial charge on any atom is 0.314 e. The zero-order valence-corrected chi connectivity index (χ0v) is 15.2. The zero-order valence-electron chi connectivity index (χ0n) is 15.2. The quantitative estimate of drug-likeness (QED) is 0.544. The van der Waals surface area contributed by atoms with Gasteiger partial charge in [-0.15, -0.1) is 0 Å². The van der Waals surface area contributed by atoms with E-state index in [-0.39, 0.29) is 5.92 Å². The van der Waals surface area contributed by atoms with Gasteiger partial charge in [-0.1, -0.05) is 31.2 Å². The van der Waals surface area contributed by atoms with Crippen molar-refractivity contribution >= 4 is 5.97 Å². The number of rotatable bonds is 4. The van der Waals surface area contributed by atoms with Gasteiger partial charge in [-0.25, -0.2) is 4.39 Å². The van der Waals surface area contributed by atoms with Gasteiger partial charge in [0, 0.05) is 0 Å². The monoisotopic (exact) mass is 369 g/mol. The lowest BCUT2D eigenvalue weighted by molar-refractivity contribution is -0.140. The van der Waals surface area contributed by atoms with Crippen LogP contribution in [0.1, 0.15) is 55.2 Å². The number of aryl methyl sites for hydroxylation is 1. The molecule has 0 radical (unpaired) electrons. The van der Waals surface area contributed by atoms with E-state index in [4.69, 9.17) is 10.00 Å². The molecule has 5 heteroatoms. The second-order valence-electron chi connectivity index (χ2n) is 6.92. The highest BCUT2D eigenvalue weighted by Crippen LogP contribution is 2.36. The first-order chi connectivity index (χ1) is 13.0. The molecule has 1 saturated carbocycles. The molecule has 1 aliphatic rings. The van der Waals surface area contributed by atoms with Crippen LogP contribution in [0.5, 0.6) is 5.75 Å². The Morgan fingerprint density at radius 1 is 1.07 bits per heavy atom. The minimum atomic E-state index is -1.30. The Morgan fingerprint density at radius 3 is 2.33 bits per heavy atom. The molecule has 2 aromatic carbocycles. The number of esters is 1. The minimum Gasteiger partial charge on any atom is -0.423 e. The molecular formula is C22H21F2NO2. The van der Waals surface area contributed by atoms with Crippen LogP contribution in [0.25, 0.3) is 0 Å². The van der Waals surface area contributed by atoms with Crippen molar-refractivity contribution in [3.63, 3.8) is 0 Å². The third kappa shape index (κ3) is 4.16. The molecule has 0 aliphatic heterocycles. The van der Waals surface area contributed by atoms with Crippen molar-refractivity contribution in [1.29, 1.82) is 5.26 Å². The van der Waals surface area contributed by atoms with Crippen LogP contribution in [-0.4, -0.2) is 5.97 Å². The highest BCUT2D eigenvalue weighted by Gasteiger charge is 2.29. The molecular weight excluding hydrogens is 348 g/mol. The van der Waals surface area contributed by atoms with Crippen LogP contribution >= 0.6 is 0 Å². The Bertz CT molecular complexity index is 863. The van der Waals surface area contributed by atoms with Crippen LogP contribution in [0.4, 0.5) is 8.78 Å². The minimum absolute atomic E-state index is 0.325. The molecule has 3 nitrogen and oxygen atoms in total. The van der Waals surface area contributed by atoms with Gasteiger partial charge in [0.15, 0.2) is 11.6 Å². The molecule has 0 amide bonds. The largest absolute Gasteiger partial charge is 0.423 e. The van der Waals surface area contributed by atoms with Crippen molar-refractivity contribution in [1.82, 2.24) is 0 Å². The second kappa shape index (κ2) is 8.30. The molecule has 3 rings (SSSR count). The molecule has 0 N–H and O–H groups in total. The van der Waals surface area contributed by atoms with Crippen LogP contribution in [0, 0.1) is 28.9 Å². The second-order valence-corrected chi connectivity index (χ2v) is 6.92. The number of ether oxygens (including phenoxy) is 1. The zero-order chi connectivity index (χ0) is 19.4. The fourth-order valence-electron chi connectivity index (χ4n) is 3.58. The van der Waals surface area contributed by atoms with E-state index in [2.05, 4.69) is 31.2 Å². The number of benzene rings is 2. The molecule has 0 aromatic heterocycles. The lowest BCUT2D eigenvalue weighted by Gasteiger charge is -2.27. The van der Waals surface area contributed by atoms with E-state index in [1.807, 2.05) is 0 Å². The Morgan fingerprint density at radius 2 is 1.74 bits per heavy atom. The van der Waals surface area contributed by atoms with E-state index in [9.17, 15) is 13.6 Å². The smallest absolute Gasteiger partial charge is 0.314 e. The van der Waals surface area contributed by atoms with Crippen molar-refractivity contribution in [2.24, 2.45) is 5.92 Å². The fraction of sp³-hybridized carbons (Fsp3) is 0.364. The number of nitrogens with zero attached hydrogens (tertiary/aromatic N) is 1. The molecule has 0 bridgehead atoms. The number of hydrogen-bond donors (Lipinski definition) is 0. The van der Waals surface area contributed by atoms with E-state index < -0.39 is 28.9 Å². The molecule has 27 heavy (non-hydrogen) atoms. The summed E-state index contributed by atoms with van der Waals surface area (Å²) in [5, 5.41) is 8.70. The van der Waals surface area contributed by atoms with E-state index in [1.165, 1.54) is 11.1 Å². The van der Waals surface area contributed by atoms with Crippen molar-refractivity contribution in [3.05, 3.63) is 64.7 Å². The molecule has 0 unspecified atom stereocenters. The van der Waals surface area contributed by atoms with Crippen LogP contribution in [-0.2, 0) is 11.2 Å². The highest BCUT2D eigenvalue weighted by molar-refractivity contribution is 5.75. The lowest BCUT2D eigenvalue weighted by Crippen LogP contribution is -2.25. The number of carbonyl (C=O) groups excluding carboxylic acids is 1. The summed E-state index contributed by atoms with van der Waals surface area (Å²) in [4.78, 5) is 12.3. The maximum atomic E-state index is 13.9. The molecule has 140 valence electrons. The SMILES string of the molecule is CCc1ccc([C@H]2CC[C@H](C(=O)Oc3ccc(C#N)c(F)c3F)CC2)cc1. The summed E-state index contributed by atoms with van der Waals surface area (Å²) >= 11 is 0. The van der Waals surface area contributed by atoms with E-state index in [0.717, 1.165) is 31.4 Å². The first-order valence-corrected chi connectivity index (χ1v) is 9.22. The summed E-state index contributed by atoms with van der Waals surface area (Å²) in [5.74, 6) is -3.51. The Balaban J connectivity index is 1.60. The van der Waals surface area contributed by atoms with Gasteiger partial charge < -0.3 is 4.74 Å². The van der Waals surface area contributed by atoms with Gasteiger partial charge in [0.25, 0.3) is 0 Å². The van der Waals surface area contributed by atoms with E-state index in [1.54, 1.807) is 6.07 Å². The van der Waals surface area contributed by atoms with Crippen molar-refractivity contribution in [2.45, 2.75) is 44.9 Å². The van der Waals surface area contributed by atoms with Crippen molar-refractivity contribution in [2.75, 3.05) is 0 Å². The van der Waals surface area contributed by atoms with E-state index in [0.29, 0.717) is 18.8 Å². The number of nitriles is 1. The molecule has 0 heterocycles. The predicted octanol–water partition coefficient (Wildman–Crippen LogP) is 5.28. The van der Waals surface area contributed by atoms with Gasteiger partial charge in [0.2, 0.25) is 5.82 Å². The molecule has 2 aromatic rings. The fourth-order valence-corrected chi connectivity index (χ4v) is 3.58. The van der Waals surface area contributed by atoms with Gasteiger partial charge in [-0.05, 0) is 61.3 Å². The van der Waals surface area contributed by atoms with Crippen LogP contribution in [0.3, 0.4) is 0 Å². The molecule has 0 saturated heterocycles. The Hall–Kier alpha value is -2.74. The van der Waals surface area contributed by atoms with Crippen LogP contribution in [0.2, 0.25) is 0 Å². The van der Waals surface area contributed by atoms with Crippen LogP contribution < -0.4 is 4.74 Å². The normalized spacial score (nSPS) is 19.3. The Labute approximate surface area is 157 Å². The summed E-state index contributed by atoms with van der Waals surface area (Å²) in [7, 11) is 0. The Kier molecular flexibility index (Phi) is 5.85. The summed E-state index contributed by atoms with van der Waals surface area (Å²) in [6.07, 6.45) is 4.02. The number of halogens is 2. The van der Waals surface area contributed by atoms with Gasteiger partial charge >= 0.3 is 5.97 Å². The summed E-state index contributed by atoms with van der Waals surface area (Å²) in [6, 6.07) is 12.4. The third-order valence-electron chi connectivity index (χ3n) is 5.30. The van der Waals surface area contributed by atoms with E-state index >= 15 is 0 Å². The van der Waals surface area contributed by atoms with Gasteiger partial charge in [0.1, 0.15) is 6.07 Å². The average molecular weight is 369 g/mol. The first-order valence-electron chi connectivity index (χ1n) is 9.22. The average Bonchev–Trinajstić information content (AvgIpc) is 2.72. The number of hydrogen-bond acceptors (Lipinski definition) is 3.